The fourth-order valence-electron chi connectivity index (χ4n) is 4.10. The van der Waals surface area contributed by atoms with Crippen LogP contribution in [-0.2, 0) is 14.8 Å². The van der Waals surface area contributed by atoms with Crippen LogP contribution < -0.4 is 4.90 Å². The van der Waals surface area contributed by atoms with Crippen molar-refractivity contribution in [1.29, 1.82) is 0 Å². The normalized spacial score (nSPS) is 17.4. The molecule has 0 saturated carbocycles. The quantitative estimate of drug-likeness (QED) is 0.577. The van der Waals surface area contributed by atoms with E-state index < -0.39 is 15.6 Å². The van der Waals surface area contributed by atoms with Crippen LogP contribution in [0.3, 0.4) is 0 Å². The van der Waals surface area contributed by atoms with Gasteiger partial charge >= 0.3 is 6.09 Å². The molecule has 1 aromatic carbocycles. The molecule has 0 bridgehead atoms. The first-order valence-corrected chi connectivity index (χ1v) is 12.3. The summed E-state index contributed by atoms with van der Waals surface area (Å²) in [6.07, 6.45) is 1.05. The van der Waals surface area contributed by atoms with Gasteiger partial charge in [0.2, 0.25) is 0 Å². The Hall–Kier alpha value is -3.14. The molecule has 1 atom stereocenters. The summed E-state index contributed by atoms with van der Waals surface area (Å²) in [6.45, 7) is 10.8. The molecule has 33 heavy (non-hydrogen) atoms. The van der Waals surface area contributed by atoms with E-state index in [0.29, 0.717) is 42.2 Å². The Labute approximate surface area is 194 Å². The number of fused-ring (bicyclic) bond motifs is 1. The summed E-state index contributed by atoms with van der Waals surface area (Å²) in [5.74, 6) is 0.654. The van der Waals surface area contributed by atoms with Crippen LogP contribution in [-0.4, -0.2) is 64.6 Å². The minimum atomic E-state index is -3.81. The Balaban J connectivity index is 1.66. The highest BCUT2D eigenvalue weighted by molar-refractivity contribution is 7.90. The third-order valence-corrected chi connectivity index (χ3v) is 7.35. The van der Waals surface area contributed by atoms with Gasteiger partial charge in [0.05, 0.1) is 10.3 Å². The van der Waals surface area contributed by atoms with Gasteiger partial charge in [0.1, 0.15) is 17.7 Å². The summed E-state index contributed by atoms with van der Waals surface area (Å²) in [7, 11) is -3.81. The molecular formula is C23H29N5O4S. The fourth-order valence-corrected chi connectivity index (χ4v) is 5.61. The lowest BCUT2D eigenvalue weighted by atomic mass is 10.2. The van der Waals surface area contributed by atoms with Crippen LogP contribution in [0.25, 0.3) is 11.0 Å². The highest BCUT2D eigenvalue weighted by Crippen LogP contribution is 2.30. The number of anilines is 1. The number of carbonyl (C=O) groups excluding carboxylic acids is 1. The number of ether oxygens (including phenoxy) is 1. The van der Waals surface area contributed by atoms with Crippen LogP contribution >= 0.6 is 0 Å². The number of amides is 1. The molecule has 0 N–H and O–H groups in total. The molecule has 3 aromatic rings. The van der Waals surface area contributed by atoms with E-state index >= 15 is 0 Å². The summed E-state index contributed by atoms with van der Waals surface area (Å²) in [4.78, 5) is 25.3. The first-order chi connectivity index (χ1) is 15.5. The lowest BCUT2D eigenvalue weighted by Crippen LogP contribution is -2.55. The van der Waals surface area contributed by atoms with Crippen molar-refractivity contribution in [1.82, 2.24) is 18.8 Å². The van der Waals surface area contributed by atoms with E-state index in [1.54, 1.807) is 48.2 Å². The molecule has 2 aromatic heterocycles. The molecule has 0 unspecified atom stereocenters. The number of hydrogen-bond donors (Lipinski definition) is 0. The largest absolute Gasteiger partial charge is 0.444 e. The molecule has 1 aliphatic rings. The molecule has 4 rings (SSSR count). The van der Waals surface area contributed by atoms with Crippen LogP contribution in [0.4, 0.5) is 10.6 Å². The third-order valence-electron chi connectivity index (χ3n) is 5.54. The molecule has 1 saturated heterocycles. The van der Waals surface area contributed by atoms with Crippen LogP contribution in [0.5, 0.6) is 0 Å². The van der Waals surface area contributed by atoms with Gasteiger partial charge in [0, 0.05) is 31.4 Å². The van der Waals surface area contributed by atoms with Crippen molar-refractivity contribution < 1.29 is 17.9 Å². The number of nitrogens with zero attached hydrogens (tertiary/aromatic N) is 5. The molecule has 10 heteroatoms. The number of carbonyl (C=O) groups is 1. The van der Waals surface area contributed by atoms with E-state index in [2.05, 4.69) is 14.9 Å². The van der Waals surface area contributed by atoms with Crippen LogP contribution in [0.1, 0.15) is 33.4 Å². The summed E-state index contributed by atoms with van der Waals surface area (Å²) in [5.41, 5.74) is 0.330. The predicted molar refractivity (Wildman–Crippen MR) is 126 cm³/mol. The third kappa shape index (κ3) is 4.39. The van der Waals surface area contributed by atoms with Crippen molar-refractivity contribution >= 4 is 33.0 Å². The summed E-state index contributed by atoms with van der Waals surface area (Å²) >= 11 is 0. The Morgan fingerprint density at radius 2 is 1.82 bits per heavy atom. The van der Waals surface area contributed by atoms with Gasteiger partial charge in [-0.3, -0.25) is 0 Å². The Bertz CT molecular complexity index is 1280. The van der Waals surface area contributed by atoms with E-state index in [-0.39, 0.29) is 17.0 Å². The molecule has 1 fully saturated rings. The second-order valence-corrected chi connectivity index (χ2v) is 11.1. The Morgan fingerprint density at radius 3 is 2.45 bits per heavy atom. The lowest BCUT2D eigenvalue weighted by molar-refractivity contribution is 0.0158. The summed E-state index contributed by atoms with van der Waals surface area (Å²) in [6, 6.07) is 10.0. The average Bonchev–Trinajstić information content (AvgIpc) is 3.09. The van der Waals surface area contributed by atoms with Crippen LogP contribution in [0, 0.1) is 6.92 Å². The SMILES string of the molecule is Cc1cc2c(N3CCN(C(=O)OC(C)(C)C)[C@H](C)C3)ncnc2n1S(=O)(=O)c1ccccc1. The molecule has 0 radical (unpaired) electrons. The van der Waals surface area contributed by atoms with Gasteiger partial charge in [-0.25, -0.2) is 27.2 Å². The van der Waals surface area contributed by atoms with Gasteiger partial charge in [0.25, 0.3) is 10.0 Å². The van der Waals surface area contributed by atoms with E-state index in [1.807, 2.05) is 27.7 Å². The Kier molecular flexibility index (Phi) is 5.81. The zero-order chi connectivity index (χ0) is 24.0. The first-order valence-electron chi connectivity index (χ1n) is 10.9. The van der Waals surface area contributed by atoms with Crippen LogP contribution in [0.2, 0.25) is 0 Å². The van der Waals surface area contributed by atoms with Crippen molar-refractivity contribution in [2.24, 2.45) is 0 Å². The van der Waals surface area contributed by atoms with Crippen molar-refractivity contribution in [2.45, 2.75) is 51.2 Å². The van der Waals surface area contributed by atoms with Crippen molar-refractivity contribution in [3.05, 3.63) is 48.4 Å². The lowest BCUT2D eigenvalue weighted by Gasteiger charge is -2.40. The monoisotopic (exact) mass is 471 g/mol. The maximum absolute atomic E-state index is 13.3. The zero-order valence-electron chi connectivity index (χ0n) is 19.5. The smallest absolute Gasteiger partial charge is 0.410 e. The zero-order valence-corrected chi connectivity index (χ0v) is 20.3. The number of aromatic nitrogens is 3. The molecule has 0 aliphatic carbocycles. The van der Waals surface area contributed by atoms with Crippen LogP contribution in [0.15, 0.2) is 47.6 Å². The van der Waals surface area contributed by atoms with E-state index in [1.165, 1.54) is 10.3 Å². The van der Waals surface area contributed by atoms with Gasteiger partial charge in [0.15, 0.2) is 5.65 Å². The number of piperazine rings is 1. The molecular weight excluding hydrogens is 442 g/mol. The number of aryl methyl sites for hydroxylation is 1. The van der Waals surface area contributed by atoms with E-state index in [0.717, 1.165) is 0 Å². The predicted octanol–water partition coefficient (Wildman–Crippen LogP) is 3.42. The maximum atomic E-state index is 13.3. The van der Waals surface area contributed by atoms with Gasteiger partial charge in [-0.1, -0.05) is 18.2 Å². The van der Waals surface area contributed by atoms with Crippen molar-refractivity contribution in [3.63, 3.8) is 0 Å². The van der Waals surface area contributed by atoms with E-state index in [4.69, 9.17) is 4.74 Å². The Morgan fingerprint density at radius 1 is 1.12 bits per heavy atom. The fraction of sp³-hybridized carbons (Fsp3) is 0.435. The number of hydrogen-bond acceptors (Lipinski definition) is 7. The average molecular weight is 472 g/mol. The molecule has 1 amide bonds. The van der Waals surface area contributed by atoms with Gasteiger partial charge in [-0.05, 0) is 52.8 Å². The van der Waals surface area contributed by atoms with Gasteiger partial charge in [-0.15, -0.1) is 0 Å². The molecule has 176 valence electrons. The van der Waals surface area contributed by atoms with Gasteiger partial charge < -0.3 is 14.5 Å². The second kappa shape index (κ2) is 8.33. The van der Waals surface area contributed by atoms with Crippen molar-refractivity contribution in [3.8, 4) is 0 Å². The summed E-state index contributed by atoms with van der Waals surface area (Å²) in [5, 5.41) is 0.660. The van der Waals surface area contributed by atoms with Gasteiger partial charge in [-0.2, -0.15) is 0 Å². The van der Waals surface area contributed by atoms with E-state index in [9.17, 15) is 13.2 Å². The maximum Gasteiger partial charge on any atom is 0.410 e. The highest BCUT2D eigenvalue weighted by Gasteiger charge is 2.33. The molecule has 9 nitrogen and oxygen atoms in total. The molecule has 3 heterocycles. The number of rotatable bonds is 3. The van der Waals surface area contributed by atoms with Crippen molar-refractivity contribution in [2.75, 3.05) is 24.5 Å². The minimum absolute atomic E-state index is 0.102. The molecule has 1 aliphatic heterocycles. The first kappa shape index (κ1) is 23.0. The summed E-state index contributed by atoms with van der Waals surface area (Å²) < 4.78 is 33.5. The second-order valence-electron chi connectivity index (χ2n) is 9.27. The topological polar surface area (TPSA) is 97.6 Å². The standard InChI is InChI=1S/C23H29N5O4S/c1-16-13-19-20(26-11-12-27(17(2)14-26)22(29)32-23(3,4)5)24-15-25-21(19)28(16)33(30,31)18-9-7-6-8-10-18/h6-10,13,15,17H,11-12,14H2,1-5H3/t17-/m1/s1. The number of benzene rings is 1. The molecule has 0 spiro atoms. The highest BCUT2D eigenvalue weighted by atomic mass is 32.2. The minimum Gasteiger partial charge on any atom is -0.444 e.